The van der Waals surface area contributed by atoms with Crippen LogP contribution in [0.5, 0.6) is 0 Å². The summed E-state index contributed by atoms with van der Waals surface area (Å²) in [7, 11) is 0. The molecule has 124 valence electrons. The molecule has 0 saturated carbocycles. The van der Waals surface area contributed by atoms with Gasteiger partial charge in [-0.25, -0.2) is 4.98 Å². The van der Waals surface area contributed by atoms with E-state index < -0.39 is 6.10 Å². The molecule has 0 bridgehead atoms. The Kier molecular flexibility index (Phi) is 4.89. The molecule has 0 aliphatic carbocycles. The SMILES string of the molecule is CCOC1CN(C(=O)CSc2nc3ccc(C)cc3[nH]2)CC1O. The fourth-order valence-corrected chi connectivity index (χ4v) is 3.52. The lowest BCUT2D eigenvalue weighted by atomic mass is 10.2. The summed E-state index contributed by atoms with van der Waals surface area (Å²) in [5.74, 6) is 0.289. The number of aromatic amines is 1. The van der Waals surface area contributed by atoms with Crippen molar-refractivity contribution in [2.24, 2.45) is 0 Å². The monoisotopic (exact) mass is 335 g/mol. The molecular weight excluding hydrogens is 314 g/mol. The number of fused-ring (bicyclic) bond motifs is 1. The minimum atomic E-state index is -0.599. The van der Waals surface area contributed by atoms with E-state index in [9.17, 15) is 9.90 Å². The largest absolute Gasteiger partial charge is 0.388 e. The van der Waals surface area contributed by atoms with Crippen LogP contribution in [0.1, 0.15) is 12.5 Å². The number of hydrogen-bond donors (Lipinski definition) is 2. The topological polar surface area (TPSA) is 78.5 Å². The van der Waals surface area contributed by atoms with Gasteiger partial charge in [0, 0.05) is 19.7 Å². The molecule has 0 radical (unpaired) electrons. The number of amides is 1. The summed E-state index contributed by atoms with van der Waals surface area (Å²) in [6.07, 6.45) is -0.874. The maximum absolute atomic E-state index is 12.3. The summed E-state index contributed by atoms with van der Waals surface area (Å²) in [5.41, 5.74) is 3.05. The highest BCUT2D eigenvalue weighted by molar-refractivity contribution is 7.99. The number of hydrogen-bond acceptors (Lipinski definition) is 5. The fraction of sp³-hybridized carbons (Fsp3) is 0.500. The Morgan fingerprint density at radius 3 is 3.13 bits per heavy atom. The fourth-order valence-electron chi connectivity index (χ4n) is 2.73. The first-order valence-corrected chi connectivity index (χ1v) is 8.72. The van der Waals surface area contributed by atoms with Crippen molar-refractivity contribution >= 4 is 28.7 Å². The molecule has 1 aromatic heterocycles. The number of imidazole rings is 1. The molecule has 7 heteroatoms. The predicted octanol–water partition coefficient (Wildman–Crippen LogP) is 1.57. The lowest BCUT2D eigenvalue weighted by Crippen LogP contribution is -2.31. The van der Waals surface area contributed by atoms with Crippen LogP contribution in [0.25, 0.3) is 11.0 Å². The normalized spacial score (nSPS) is 21.3. The number of aryl methyl sites for hydroxylation is 1. The van der Waals surface area contributed by atoms with Crippen molar-refractivity contribution in [1.82, 2.24) is 14.9 Å². The van der Waals surface area contributed by atoms with Crippen LogP contribution in [-0.2, 0) is 9.53 Å². The van der Waals surface area contributed by atoms with Gasteiger partial charge in [-0.3, -0.25) is 4.79 Å². The number of aliphatic hydroxyl groups is 1. The lowest BCUT2D eigenvalue weighted by Gasteiger charge is -2.15. The summed E-state index contributed by atoms with van der Waals surface area (Å²) in [6, 6.07) is 6.02. The third-order valence-electron chi connectivity index (χ3n) is 3.92. The number of H-pyrrole nitrogens is 1. The van der Waals surface area contributed by atoms with Gasteiger partial charge in [0.15, 0.2) is 5.16 Å². The molecule has 2 N–H and O–H groups in total. The summed E-state index contributed by atoms with van der Waals surface area (Å²) in [6.45, 7) is 5.24. The highest BCUT2D eigenvalue weighted by Gasteiger charge is 2.34. The molecule has 0 spiro atoms. The first kappa shape index (κ1) is 16.3. The maximum atomic E-state index is 12.3. The molecule has 3 rings (SSSR count). The van der Waals surface area contributed by atoms with Crippen molar-refractivity contribution < 1.29 is 14.6 Å². The smallest absolute Gasteiger partial charge is 0.233 e. The van der Waals surface area contributed by atoms with Crippen molar-refractivity contribution in [3.05, 3.63) is 23.8 Å². The number of likely N-dealkylation sites (tertiary alicyclic amines) is 1. The molecule has 23 heavy (non-hydrogen) atoms. The van der Waals surface area contributed by atoms with Gasteiger partial charge in [-0.1, -0.05) is 17.8 Å². The van der Waals surface area contributed by atoms with Crippen LogP contribution >= 0.6 is 11.8 Å². The minimum Gasteiger partial charge on any atom is -0.388 e. The van der Waals surface area contributed by atoms with Gasteiger partial charge in [-0.15, -0.1) is 0 Å². The molecule has 1 amide bonds. The number of carbonyl (C=O) groups is 1. The summed E-state index contributed by atoms with van der Waals surface area (Å²) < 4.78 is 5.44. The zero-order valence-corrected chi connectivity index (χ0v) is 14.1. The first-order valence-electron chi connectivity index (χ1n) is 7.73. The average Bonchev–Trinajstić information content (AvgIpc) is 3.08. The standard InChI is InChI=1S/C16H21N3O3S/c1-3-22-14-8-19(7-13(14)20)15(21)9-23-16-17-11-5-4-10(2)6-12(11)18-16/h4-6,13-14,20H,3,7-9H2,1-2H3,(H,17,18). The van der Waals surface area contributed by atoms with E-state index in [0.717, 1.165) is 16.2 Å². The van der Waals surface area contributed by atoms with Gasteiger partial charge in [-0.2, -0.15) is 0 Å². The van der Waals surface area contributed by atoms with E-state index in [-0.39, 0.29) is 12.0 Å². The third-order valence-corrected chi connectivity index (χ3v) is 4.78. The molecule has 1 aliphatic rings. The van der Waals surface area contributed by atoms with Gasteiger partial charge in [0.2, 0.25) is 5.91 Å². The van der Waals surface area contributed by atoms with Gasteiger partial charge in [-0.05, 0) is 31.5 Å². The molecule has 2 aromatic rings. The van der Waals surface area contributed by atoms with E-state index in [1.165, 1.54) is 17.3 Å². The lowest BCUT2D eigenvalue weighted by molar-refractivity contribution is -0.127. The number of nitrogens with zero attached hydrogens (tertiary/aromatic N) is 2. The van der Waals surface area contributed by atoms with Gasteiger partial charge in [0.1, 0.15) is 6.10 Å². The van der Waals surface area contributed by atoms with Gasteiger partial charge < -0.3 is 19.7 Å². The maximum Gasteiger partial charge on any atom is 0.233 e. The number of benzene rings is 1. The van der Waals surface area contributed by atoms with Crippen LogP contribution in [0.4, 0.5) is 0 Å². The quantitative estimate of drug-likeness (QED) is 0.811. The minimum absolute atomic E-state index is 0.00658. The van der Waals surface area contributed by atoms with E-state index in [1.54, 1.807) is 4.90 Å². The number of thioether (sulfide) groups is 1. The molecular formula is C16H21N3O3S. The second kappa shape index (κ2) is 6.90. The van der Waals surface area contributed by atoms with Crippen LogP contribution in [0.3, 0.4) is 0 Å². The van der Waals surface area contributed by atoms with Crippen molar-refractivity contribution in [3.8, 4) is 0 Å². The zero-order valence-electron chi connectivity index (χ0n) is 13.3. The van der Waals surface area contributed by atoms with E-state index in [0.29, 0.717) is 25.4 Å². The molecule has 6 nitrogen and oxygen atoms in total. The van der Waals surface area contributed by atoms with E-state index in [2.05, 4.69) is 9.97 Å². The van der Waals surface area contributed by atoms with Crippen LogP contribution in [0.15, 0.2) is 23.4 Å². The average molecular weight is 335 g/mol. The van der Waals surface area contributed by atoms with E-state index in [4.69, 9.17) is 4.74 Å². The number of aliphatic hydroxyl groups excluding tert-OH is 1. The molecule has 1 fully saturated rings. The number of nitrogens with one attached hydrogen (secondary N) is 1. The first-order chi connectivity index (χ1) is 11.1. The summed E-state index contributed by atoms with van der Waals surface area (Å²) >= 11 is 1.38. The molecule has 2 heterocycles. The van der Waals surface area contributed by atoms with E-state index in [1.807, 2.05) is 32.0 Å². The Morgan fingerprint density at radius 1 is 1.52 bits per heavy atom. The van der Waals surface area contributed by atoms with Crippen molar-refractivity contribution in [2.75, 3.05) is 25.4 Å². The van der Waals surface area contributed by atoms with Gasteiger partial charge in [0.25, 0.3) is 0 Å². The molecule has 1 aromatic carbocycles. The summed E-state index contributed by atoms with van der Waals surface area (Å²) in [4.78, 5) is 21.6. The Morgan fingerprint density at radius 2 is 2.35 bits per heavy atom. The van der Waals surface area contributed by atoms with Crippen molar-refractivity contribution in [2.45, 2.75) is 31.2 Å². The van der Waals surface area contributed by atoms with Crippen LogP contribution in [0, 0.1) is 6.92 Å². The van der Waals surface area contributed by atoms with Crippen LogP contribution < -0.4 is 0 Å². The molecule has 1 saturated heterocycles. The molecule has 2 atom stereocenters. The third kappa shape index (κ3) is 3.68. The Hall–Kier alpha value is -1.57. The second-order valence-electron chi connectivity index (χ2n) is 5.71. The van der Waals surface area contributed by atoms with Crippen LogP contribution in [-0.4, -0.2) is 63.5 Å². The van der Waals surface area contributed by atoms with Gasteiger partial charge in [0.05, 0.1) is 22.9 Å². The predicted molar refractivity (Wildman–Crippen MR) is 89.6 cm³/mol. The number of carbonyl (C=O) groups excluding carboxylic acids is 1. The highest BCUT2D eigenvalue weighted by atomic mass is 32.2. The Balaban J connectivity index is 1.58. The second-order valence-corrected chi connectivity index (χ2v) is 6.68. The van der Waals surface area contributed by atoms with Crippen LogP contribution in [0.2, 0.25) is 0 Å². The highest BCUT2D eigenvalue weighted by Crippen LogP contribution is 2.22. The van der Waals surface area contributed by atoms with Gasteiger partial charge >= 0.3 is 0 Å². The van der Waals surface area contributed by atoms with Crippen molar-refractivity contribution in [1.29, 1.82) is 0 Å². The van der Waals surface area contributed by atoms with Crippen molar-refractivity contribution in [3.63, 3.8) is 0 Å². The number of aromatic nitrogens is 2. The Labute approximate surface area is 139 Å². The Bertz CT molecular complexity index is 703. The number of rotatable bonds is 5. The van der Waals surface area contributed by atoms with E-state index >= 15 is 0 Å². The molecule has 2 unspecified atom stereocenters. The summed E-state index contributed by atoms with van der Waals surface area (Å²) in [5, 5.41) is 10.6. The zero-order chi connectivity index (χ0) is 16.4. The number of β-amino-alcohol motifs (C(OH)–C–C–N with tert-alkyl or cyclic N) is 1. The molecule has 1 aliphatic heterocycles. The number of ether oxygens (including phenoxy) is 1.